The van der Waals surface area contributed by atoms with Crippen LogP contribution >= 0.6 is 0 Å². The smallest absolute Gasteiger partial charge is 0.152 e. The van der Waals surface area contributed by atoms with Crippen LogP contribution in [0.25, 0.3) is 0 Å². The summed E-state index contributed by atoms with van der Waals surface area (Å²) < 4.78 is 27.8. The van der Waals surface area contributed by atoms with Crippen molar-refractivity contribution in [2.75, 3.05) is 32.6 Å². The van der Waals surface area contributed by atoms with E-state index in [9.17, 15) is 8.42 Å². The number of sulfone groups is 1. The lowest BCUT2D eigenvalue weighted by Crippen LogP contribution is -2.21. The highest BCUT2D eigenvalue weighted by Gasteiger charge is 2.14. The van der Waals surface area contributed by atoms with Crippen LogP contribution in [0.5, 0.6) is 0 Å². The molecule has 98 valence electrons. The van der Waals surface area contributed by atoms with E-state index in [1.54, 1.807) is 21.0 Å². The van der Waals surface area contributed by atoms with Crippen LogP contribution in [-0.4, -0.2) is 46.2 Å². The monoisotopic (exact) mass is 251 g/mol. The highest BCUT2D eigenvalue weighted by molar-refractivity contribution is 7.91. The predicted molar refractivity (Wildman–Crippen MR) is 67.5 cm³/mol. The molecule has 0 unspecified atom stereocenters. The van der Waals surface area contributed by atoms with Gasteiger partial charge in [0.25, 0.3) is 0 Å². The Balaban J connectivity index is 3.34. The third kappa shape index (κ3) is 8.07. The minimum absolute atomic E-state index is 0.243. The molecule has 16 heavy (non-hydrogen) atoms. The van der Waals surface area contributed by atoms with Gasteiger partial charge in [-0.2, -0.15) is 0 Å². The van der Waals surface area contributed by atoms with Crippen LogP contribution in [0.2, 0.25) is 0 Å². The van der Waals surface area contributed by atoms with E-state index in [4.69, 9.17) is 4.74 Å². The van der Waals surface area contributed by atoms with Gasteiger partial charge >= 0.3 is 0 Å². The van der Waals surface area contributed by atoms with Gasteiger partial charge < -0.3 is 10.1 Å². The Labute approximate surface area is 99.7 Å². The van der Waals surface area contributed by atoms with E-state index < -0.39 is 9.84 Å². The third-order valence-corrected chi connectivity index (χ3v) is 4.78. The highest BCUT2D eigenvalue weighted by atomic mass is 32.2. The van der Waals surface area contributed by atoms with Crippen molar-refractivity contribution in [2.45, 2.75) is 38.4 Å². The fraction of sp³-hybridized carbons (Fsp3) is 1.00. The van der Waals surface area contributed by atoms with Gasteiger partial charge in [-0.3, -0.25) is 0 Å². The normalized spacial score (nSPS) is 12.2. The van der Waals surface area contributed by atoms with Crippen molar-refractivity contribution in [1.82, 2.24) is 5.32 Å². The fourth-order valence-electron chi connectivity index (χ4n) is 1.26. The van der Waals surface area contributed by atoms with E-state index in [0.717, 1.165) is 39.0 Å². The molecule has 0 atom stereocenters. The first-order chi connectivity index (χ1) is 7.50. The van der Waals surface area contributed by atoms with Crippen LogP contribution in [0, 0.1) is 0 Å². The summed E-state index contributed by atoms with van der Waals surface area (Å²) in [6, 6.07) is 0. The number of methoxy groups -OCH3 is 1. The average molecular weight is 251 g/mol. The largest absolute Gasteiger partial charge is 0.383 e. The molecule has 0 saturated carbocycles. The van der Waals surface area contributed by atoms with Crippen LogP contribution in [0.1, 0.15) is 33.1 Å². The van der Waals surface area contributed by atoms with E-state index in [1.165, 1.54) is 0 Å². The summed E-state index contributed by atoms with van der Waals surface area (Å²) in [5.74, 6) is 0.322. The maximum atomic E-state index is 11.5. The second kappa shape index (κ2) is 8.96. The van der Waals surface area contributed by atoms with E-state index >= 15 is 0 Å². The van der Waals surface area contributed by atoms with Gasteiger partial charge in [-0.1, -0.05) is 6.42 Å². The zero-order valence-corrected chi connectivity index (χ0v) is 11.5. The van der Waals surface area contributed by atoms with Crippen molar-refractivity contribution in [1.29, 1.82) is 0 Å². The molecule has 0 aromatic carbocycles. The van der Waals surface area contributed by atoms with Crippen LogP contribution in [0.3, 0.4) is 0 Å². The molecule has 0 fully saturated rings. The summed E-state index contributed by atoms with van der Waals surface area (Å²) in [7, 11) is -1.16. The number of hydrogen-bond acceptors (Lipinski definition) is 4. The van der Waals surface area contributed by atoms with E-state index in [-0.39, 0.29) is 5.25 Å². The van der Waals surface area contributed by atoms with E-state index in [1.807, 2.05) is 0 Å². The number of unbranched alkanes of at least 4 members (excludes halogenated alkanes) is 2. The fourth-order valence-corrected chi connectivity index (χ4v) is 2.34. The lowest BCUT2D eigenvalue weighted by molar-refractivity contribution is 0.199. The first kappa shape index (κ1) is 15.9. The molecule has 0 rings (SSSR count). The van der Waals surface area contributed by atoms with Crippen LogP contribution < -0.4 is 5.32 Å². The van der Waals surface area contributed by atoms with Crippen LogP contribution in [-0.2, 0) is 14.6 Å². The Morgan fingerprint density at radius 2 is 1.81 bits per heavy atom. The maximum Gasteiger partial charge on any atom is 0.152 e. The summed E-state index contributed by atoms with van der Waals surface area (Å²) in [6.45, 7) is 6.00. The molecule has 1 N–H and O–H groups in total. The van der Waals surface area contributed by atoms with Gasteiger partial charge in [-0.25, -0.2) is 8.42 Å². The predicted octanol–water partition coefficient (Wildman–Crippen LogP) is 1.22. The van der Waals surface area contributed by atoms with Gasteiger partial charge in [-0.05, 0) is 33.2 Å². The van der Waals surface area contributed by atoms with Gasteiger partial charge in [0.05, 0.1) is 17.6 Å². The molecule has 0 bridgehead atoms. The van der Waals surface area contributed by atoms with Gasteiger partial charge in [0.15, 0.2) is 9.84 Å². The Hall–Kier alpha value is -0.130. The molecule has 0 saturated heterocycles. The first-order valence-electron chi connectivity index (χ1n) is 5.92. The molecule has 0 aliphatic carbocycles. The molecule has 4 nitrogen and oxygen atoms in total. The number of rotatable bonds is 10. The average Bonchev–Trinajstić information content (AvgIpc) is 2.21. The number of hydrogen-bond donors (Lipinski definition) is 1. The molecule has 0 amide bonds. The van der Waals surface area contributed by atoms with E-state index in [2.05, 4.69) is 5.32 Å². The molecular weight excluding hydrogens is 226 g/mol. The van der Waals surface area contributed by atoms with Crippen molar-refractivity contribution in [3.63, 3.8) is 0 Å². The Morgan fingerprint density at radius 1 is 1.12 bits per heavy atom. The second-order valence-electron chi connectivity index (χ2n) is 4.22. The Morgan fingerprint density at radius 3 is 2.38 bits per heavy atom. The second-order valence-corrected chi connectivity index (χ2v) is 6.90. The molecule has 0 aliphatic heterocycles. The molecule has 5 heteroatoms. The first-order valence-corrected chi connectivity index (χ1v) is 7.63. The molecule has 0 spiro atoms. The standard InChI is InChI=1S/C11H25NO3S/c1-11(2)16(13,14)10-6-4-5-7-12-8-9-15-3/h11-12H,4-10H2,1-3H3. The van der Waals surface area contributed by atoms with Crippen LogP contribution in [0.4, 0.5) is 0 Å². The maximum absolute atomic E-state index is 11.5. The molecule has 0 radical (unpaired) electrons. The van der Waals surface area contributed by atoms with Gasteiger partial charge in [0.1, 0.15) is 0 Å². The lowest BCUT2D eigenvalue weighted by atomic mass is 10.2. The summed E-state index contributed by atoms with van der Waals surface area (Å²) in [5.41, 5.74) is 0. The minimum Gasteiger partial charge on any atom is -0.383 e. The lowest BCUT2D eigenvalue weighted by Gasteiger charge is -2.07. The highest BCUT2D eigenvalue weighted by Crippen LogP contribution is 2.05. The molecule has 0 aromatic rings. The third-order valence-electron chi connectivity index (χ3n) is 2.48. The summed E-state index contributed by atoms with van der Waals surface area (Å²) in [5, 5.41) is 2.99. The van der Waals surface area contributed by atoms with Gasteiger partial charge in [0.2, 0.25) is 0 Å². The summed E-state index contributed by atoms with van der Waals surface area (Å²) in [4.78, 5) is 0. The summed E-state index contributed by atoms with van der Waals surface area (Å²) >= 11 is 0. The zero-order valence-electron chi connectivity index (χ0n) is 10.7. The molecular formula is C11H25NO3S. The van der Waals surface area contributed by atoms with Crippen molar-refractivity contribution in [3.8, 4) is 0 Å². The summed E-state index contributed by atoms with van der Waals surface area (Å²) in [6.07, 6.45) is 2.76. The van der Waals surface area contributed by atoms with Gasteiger partial charge in [0, 0.05) is 13.7 Å². The van der Waals surface area contributed by atoms with Crippen molar-refractivity contribution >= 4 is 9.84 Å². The molecule has 0 heterocycles. The number of ether oxygens (including phenoxy) is 1. The minimum atomic E-state index is -2.84. The number of nitrogens with one attached hydrogen (secondary N) is 1. The van der Waals surface area contributed by atoms with Crippen molar-refractivity contribution in [2.24, 2.45) is 0 Å². The van der Waals surface area contributed by atoms with Crippen LogP contribution in [0.15, 0.2) is 0 Å². The van der Waals surface area contributed by atoms with Crippen molar-refractivity contribution in [3.05, 3.63) is 0 Å². The SMILES string of the molecule is COCCNCCCCCS(=O)(=O)C(C)C. The van der Waals surface area contributed by atoms with E-state index in [0.29, 0.717) is 5.75 Å². The molecule has 0 aromatic heterocycles. The zero-order chi connectivity index (χ0) is 12.4. The van der Waals surface area contributed by atoms with Gasteiger partial charge in [-0.15, -0.1) is 0 Å². The Bertz CT molecular complexity index is 250. The topological polar surface area (TPSA) is 55.4 Å². The Kier molecular flexibility index (Phi) is 8.89. The van der Waals surface area contributed by atoms with Crippen molar-refractivity contribution < 1.29 is 13.2 Å². The molecule has 0 aliphatic rings. The quantitative estimate of drug-likeness (QED) is 0.593.